The smallest absolute Gasteiger partial charge is 0.0125 e. The molecule has 0 radical (unpaired) electrons. The number of hydrogen-bond acceptors (Lipinski definition) is 0. The molecule has 0 spiro atoms. The standard InChI is InChI=1S/C26H47P/c1-22(2,3)18-16-19(23(4,5)6)21(20(17-18)24(7,8)9)27(25(10,11)12)26(13,14)15/h16-17H,1-15H3. The largest absolute Gasteiger partial charge is 0.0636 e. The van der Waals surface area contributed by atoms with Crippen molar-refractivity contribution >= 4 is 13.2 Å². The van der Waals surface area contributed by atoms with E-state index in [1.54, 1.807) is 16.4 Å². The van der Waals surface area contributed by atoms with Gasteiger partial charge in [0, 0.05) is 0 Å². The second-order valence-corrected chi connectivity index (χ2v) is 17.1. The fraction of sp³-hybridized carbons (Fsp3) is 0.769. The van der Waals surface area contributed by atoms with Crippen molar-refractivity contribution in [2.75, 3.05) is 0 Å². The van der Waals surface area contributed by atoms with Crippen molar-refractivity contribution in [3.8, 4) is 0 Å². The minimum atomic E-state index is -0.356. The van der Waals surface area contributed by atoms with Gasteiger partial charge >= 0.3 is 0 Å². The summed E-state index contributed by atoms with van der Waals surface area (Å²) < 4.78 is 0. The molecular weight excluding hydrogens is 343 g/mol. The van der Waals surface area contributed by atoms with E-state index in [0.29, 0.717) is 0 Å². The van der Waals surface area contributed by atoms with Crippen LogP contribution in [-0.2, 0) is 16.2 Å². The molecule has 1 aromatic carbocycles. The highest BCUT2D eigenvalue weighted by molar-refractivity contribution is 7.68. The first kappa shape index (κ1) is 24.7. The number of rotatable bonds is 1. The Morgan fingerprint density at radius 2 is 0.778 bits per heavy atom. The van der Waals surface area contributed by atoms with Crippen molar-refractivity contribution in [3.05, 3.63) is 28.8 Å². The van der Waals surface area contributed by atoms with Crippen molar-refractivity contribution in [2.45, 2.75) is 130 Å². The van der Waals surface area contributed by atoms with E-state index in [-0.39, 0.29) is 34.5 Å². The van der Waals surface area contributed by atoms with Crippen LogP contribution in [0.3, 0.4) is 0 Å². The van der Waals surface area contributed by atoms with Gasteiger partial charge in [0.25, 0.3) is 0 Å². The molecule has 0 aliphatic heterocycles. The van der Waals surface area contributed by atoms with Crippen molar-refractivity contribution in [2.24, 2.45) is 0 Å². The van der Waals surface area contributed by atoms with E-state index in [2.05, 4.69) is 116 Å². The second kappa shape index (κ2) is 7.16. The summed E-state index contributed by atoms with van der Waals surface area (Å²) in [6.07, 6.45) is 0. The van der Waals surface area contributed by atoms with Gasteiger partial charge in [-0.3, -0.25) is 0 Å². The highest BCUT2D eigenvalue weighted by Gasteiger charge is 2.41. The second-order valence-electron chi connectivity index (χ2n) is 13.3. The summed E-state index contributed by atoms with van der Waals surface area (Å²) in [5.41, 5.74) is 5.03. The number of hydrogen-bond donors (Lipinski definition) is 0. The Morgan fingerprint density at radius 1 is 0.481 bits per heavy atom. The van der Waals surface area contributed by atoms with Crippen LogP contribution in [0.5, 0.6) is 0 Å². The normalized spacial score (nSPS) is 14.8. The Bertz CT molecular complexity index is 610. The Balaban J connectivity index is 4.18. The first-order chi connectivity index (χ1) is 11.6. The third-order valence-corrected chi connectivity index (χ3v) is 8.77. The van der Waals surface area contributed by atoms with Crippen molar-refractivity contribution < 1.29 is 0 Å². The van der Waals surface area contributed by atoms with Crippen molar-refractivity contribution in [3.63, 3.8) is 0 Å². The molecule has 27 heavy (non-hydrogen) atoms. The van der Waals surface area contributed by atoms with Gasteiger partial charge in [-0.2, -0.15) is 0 Å². The molecule has 0 atom stereocenters. The van der Waals surface area contributed by atoms with Gasteiger partial charge in [0.2, 0.25) is 0 Å². The van der Waals surface area contributed by atoms with Gasteiger partial charge in [0.05, 0.1) is 0 Å². The maximum atomic E-state index is 2.54. The molecule has 1 rings (SSSR count). The minimum absolute atomic E-state index is 0.133. The molecule has 0 saturated carbocycles. The van der Waals surface area contributed by atoms with Crippen LogP contribution < -0.4 is 5.30 Å². The molecule has 0 bridgehead atoms. The lowest BCUT2D eigenvalue weighted by Gasteiger charge is -2.47. The zero-order valence-electron chi connectivity index (χ0n) is 21.1. The van der Waals surface area contributed by atoms with Crippen molar-refractivity contribution in [1.29, 1.82) is 0 Å². The van der Waals surface area contributed by atoms with E-state index in [1.165, 1.54) is 5.56 Å². The Morgan fingerprint density at radius 3 is 0.963 bits per heavy atom. The highest BCUT2D eigenvalue weighted by Crippen LogP contribution is 2.60. The molecule has 0 aliphatic carbocycles. The molecule has 156 valence electrons. The molecule has 0 unspecified atom stereocenters. The summed E-state index contributed by atoms with van der Waals surface area (Å²) in [4.78, 5) is 0. The molecule has 0 aromatic heterocycles. The number of benzene rings is 1. The topological polar surface area (TPSA) is 0 Å². The van der Waals surface area contributed by atoms with Crippen LogP contribution in [0, 0.1) is 0 Å². The molecule has 0 fully saturated rings. The fourth-order valence-electron chi connectivity index (χ4n) is 4.13. The highest BCUT2D eigenvalue weighted by atomic mass is 31.1. The molecule has 1 heteroatoms. The van der Waals surface area contributed by atoms with E-state index in [0.717, 1.165) is 0 Å². The predicted octanol–water partition coefficient (Wildman–Crippen LogP) is 8.28. The van der Waals surface area contributed by atoms with E-state index in [9.17, 15) is 0 Å². The van der Waals surface area contributed by atoms with Crippen LogP contribution in [0.4, 0.5) is 0 Å². The summed E-state index contributed by atoms with van der Waals surface area (Å²) in [5.74, 6) is 0. The Hall–Kier alpha value is -0.350. The average Bonchev–Trinajstić information content (AvgIpc) is 2.30. The summed E-state index contributed by atoms with van der Waals surface area (Å²) in [6, 6.07) is 5.08. The van der Waals surface area contributed by atoms with E-state index in [4.69, 9.17) is 0 Å². The van der Waals surface area contributed by atoms with Gasteiger partial charge in [-0.05, 0) is 48.6 Å². The monoisotopic (exact) mass is 390 g/mol. The summed E-state index contributed by atoms with van der Waals surface area (Å²) in [5, 5.41) is 2.19. The fourth-order valence-corrected chi connectivity index (χ4v) is 8.76. The molecule has 0 N–H and O–H groups in total. The average molecular weight is 391 g/mol. The zero-order chi connectivity index (χ0) is 21.8. The molecule has 0 aliphatic rings. The molecule has 0 nitrogen and oxygen atoms in total. The van der Waals surface area contributed by atoms with Crippen LogP contribution >= 0.6 is 7.92 Å². The maximum absolute atomic E-state index is 2.54. The van der Waals surface area contributed by atoms with Crippen molar-refractivity contribution in [1.82, 2.24) is 0 Å². The summed E-state index contributed by atoms with van der Waals surface area (Å²) in [7, 11) is -0.356. The third kappa shape index (κ3) is 5.82. The Kier molecular flexibility index (Phi) is 6.55. The van der Waals surface area contributed by atoms with E-state index in [1.807, 2.05) is 0 Å². The van der Waals surface area contributed by atoms with Crippen LogP contribution in [0.1, 0.15) is 121 Å². The van der Waals surface area contributed by atoms with Gasteiger partial charge in [0.15, 0.2) is 0 Å². The van der Waals surface area contributed by atoms with Gasteiger partial charge < -0.3 is 0 Å². The van der Waals surface area contributed by atoms with E-state index >= 15 is 0 Å². The predicted molar refractivity (Wildman–Crippen MR) is 129 cm³/mol. The maximum Gasteiger partial charge on any atom is -0.0125 e. The van der Waals surface area contributed by atoms with Crippen LogP contribution in [0.25, 0.3) is 0 Å². The lowest BCUT2D eigenvalue weighted by molar-refractivity contribution is 0.552. The molecule has 1 aromatic rings. The molecular formula is C26H47P. The molecule has 0 saturated heterocycles. The summed E-state index contributed by atoms with van der Waals surface area (Å²) in [6.45, 7) is 36.1. The van der Waals surface area contributed by atoms with Gasteiger partial charge in [-0.25, -0.2) is 0 Å². The molecule has 0 heterocycles. The SMILES string of the molecule is CC(C)(C)c1cc(C(C)(C)C)c(P(C(C)(C)C)C(C)(C)C)c(C(C)(C)C)c1. The first-order valence-electron chi connectivity index (χ1n) is 10.6. The minimum Gasteiger partial charge on any atom is -0.0636 e. The van der Waals surface area contributed by atoms with Gasteiger partial charge in [-0.1, -0.05) is 124 Å². The first-order valence-corrected chi connectivity index (χ1v) is 11.9. The quantitative estimate of drug-likeness (QED) is 0.423. The van der Waals surface area contributed by atoms with E-state index < -0.39 is 0 Å². The summed E-state index contributed by atoms with van der Waals surface area (Å²) >= 11 is 0. The Labute approximate surface area is 172 Å². The molecule has 0 amide bonds. The lowest BCUT2D eigenvalue weighted by Crippen LogP contribution is -2.39. The van der Waals surface area contributed by atoms with Crippen LogP contribution in [0.2, 0.25) is 0 Å². The van der Waals surface area contributed by atoms with Gasteiger partial charge in [0.1, 0.15) is 0 Å². The van der Waals surface area contributed by atoms with Crippen LogP contribution in [0.15, 0.2) is 12.1 Å². The third-order valence-electron chi connectivity index (χ3n) is 5.16. The zero-order valence-corrected chi connectivity index (χ0v) is 22.0. The lowest BCUT2D eigenvalue weighted by atomic mass is 9.75. The van der Waals surface area contributed by atoms with Crippen LogP contribution in [-0.4, -0.2) is 10.3 Å². The van der Waals surface area contributed by atoms with Gasteiger partial charge in [-0.15, -0.1) is 0 Å².